The Morgan fingerprint density at radius 1 is 1.42 bits per heavy atom. The molecule has 1 amide bonds. The third kappa shape index (κ3) is 5.74. The van der Waals surface area contributed by atoms with Crippen LogP contribution in [0.3, 0.4) is 0 Å². The van der Waals surface area contributed by atoms with Gasteiger partial charge in [-0.2, -0.15) is 0 Å². The average Bonchev–Trinajstić information content (AvgIpc) is 2.39. The number of esters is 1. The van der Waals surface area contributed by atoms with Gasteiger partial charge in [-0.05, 0) is 12.1 Å². The molecule has 0 fully saturated rings. The molecule has 0 saturated heterocycles. The van der Waals surface area contributed by atoms with E-state index >= 15 is 0 Å². The first-order chi connectivity index (χ1) is 9.02. The van der Waals surface area contributed by atoms with Crippen LogP contribution in [0.25, 0.3) is 0 Å². The molecule has 0 heterocycles. The second-order valence-electron chi connectivity index (χ2n) is 3.93. The number of methoxy groups -OCH3 is 1. The Morgan fingerprint density at radius 3 is 2.74 bits per heavy atom. The van der Waals surface area contributed by atoms with Crippen molar-refractivity contribution in [2.24, 2.45) is 0 Å². The van der Waals surface area contributed by atoms with Crippen molar-refractivity contribution in [3.8, 4) is 0 Å². The molecule has 1 aromatic rings. The Bertz CT molecular complexity index is 453. The molecular weight excluding hydrogens is 269 g/mol. The molecule has 0 aliphatic heterocycles. The molecule has 1 unspecified atom stereocenters. The lowest BCUT2D eigenvalue weighted by Crippen LogP contribution is -2.17. The van der Waals surface area contributed by atoms with Crippen LogP contribution in [0.15, 0.2) is 24.3 Å². The maximum absolute atomic E-state index is 13.3. The van der Waals surface area contributed by atoms with Crippen molar-refractivity contribution >= 4 is 29.3 Å². The molecular formula is C13H16FNO3S. The number of rotatable bonds is 6. The normalized spacial score (nSPS) is 11.7. The monoisotopic (exact) mass is 285 g/mol. The largest absolute Gasteiger partial charge is 0.469 e. The lowest BCUT2D eigenvalue weighted by Gasteiger charge is -2.10. The number of carbonyl (C=O) groups is 2. The zero-order valence-electron chi connectivity index (χ0n) is 10.8. The fraction of sp³-hybridized carbons (Fsp3) is 0.385. The van der Waals surface area contributed by atoms with Gasteiger partial charge in [0.1, 0.15) is 5.82 Å². The summed E-state index contributed by atoms with van der Waals surface area (Å²) in [5.74, 6) is -0.920. The number of amides is 1. The van der Waals surface area contributed by atoms with Crippen LogP contribution in [0.1, 0.15) is 13.3 Å². The van der Waals surface area contributed by atoms with Crippen molar-refractivity contribution in [1.82, 2.24) is 0 Å². The molecule has 0 saturated carbocycles. The first kappa shape index (κ1) is 15.5. The Labute approximate surface area is 115 Å². The van der Waals surface area contributed by atoms with E-state index in [9.17, 15) is 14.0 Å². The summed E-state index contributed by atoms with van der Waals surface area (Å²) in [6.45, 7) is 1.83. The minimum Gasteiger partial charge on any atom is -0.469 e. The van der Waals surface area contributed by atoms with Gasteiger partial charge in [0.05, 0.1) is 25.0 Å². The number of anilines is 1. The molecule has 0 aliphatic rings. The van der Waals surface area contributed by atoms with Gasteiger partial charge < -0.3 is 10.1 Å². The van der Waals surface area contributed by atoms with E-state index in [-0.39, 0.29) is 35.0 Å². The van der Waals surface area contributed by atoms with Gasteiger partial charge in [0, 0.05) is 5.25 Å². The van der Waals surface area contributed by atoms with Crippen molar-refractivity contribution < 1.29 is 18.7 Å². The van der Waals surface area contributed by atoms with Crippen molar-refractivity contribution in [2.75, 3.05) is 18.2 Å². The molecule has 0 radical (unpaired) electrons. The maximum atomic E-state index is 13.3. The number of para-hydroxylation sites is 1. The molecule has 1 atom stereocenters. The smallest absolute Gasteiger partial charge is 0.306 e. The van der Waals surface area contributed by atoms with Crippen molar-refractivity contribution in [3.05, 3.63) is 30.1 Å². The number of benzene rings is 1. The number of hydrogen-bond acceptors (Lipinski definition) is 4. The highest BCUT2D eigenvalue weighted by molar-refractivity contribution is 8.00. The van der Waals surface area contributed by atoms with Crippen molar-refractivity contribution in [1.29, 1.82) is 0 Å². The molecule has 6 heteroatoms. The molecule has 104 valence electrons. The summed E-state index contributed by atoms with van der Waals surface area (Å²) in [5.41, 5.74) is 0.161. The Hall–Kier alpha value is -1.56. The minimum atomic E-state index is -0.469. The number of nitrogens with one attached hydrogen (secondary N) is 1. The van der Waals surface area contributed by atoms with E-state index in [4.69, 9.17) is 0 Å². The second-order valence-corrected chi connectivity index (χ2v) is 5.36. The van der Waals surface area contributed by atoms with Gasteiger partial charge in [-0.1, -0.05) is 19.1 Å². The molecule has 0 bridgehead atoms. The van der Waals surface area contributed by atoms with Crippen LogP contribution in [-0.4, -0.2) is 30.0 Å². The lowest BCUT2D eigenvalue weighted by atomic mass is 10.3. The summed E-state index contributed by atoms with van der Waals surface area (Å²) < 4.78 is 17.8. The summed E-state index contributed by atoms with van der Waals surface area (Å²) in [6.07, 6.45) is 0.244. The van der Waals surface area contributed by atoms with Crippen LogP contribution in [-0.2, 0) is 14.3 Å². The van der Waals surface area contributed by atoms with Crippen LogP contribution in [0.4, 0.5) is 10.1 Å². The fourth-order valence-electron chi connectivity index (χ4n) is 1.34. The zero-order valence-corrected chi connectivity index (χ0v) is 11.6. The van der Waals surface area contributed by atoms with Crippen LogP contribution in [0.5, 0.6) is 0 Å². The van der Waals surface area contributed by atoms with E-state index in [0.29, 0.717) is 0 Å². The lowest BCUT2D eigenvalue weighted by molar-refractivity contribution is -0.140. The Balaban J connectivity index is 2.36. The number of thioether (sulfide) groups is 1. The van der Waals surface area contributed by atoms with Gasteiger partial charge in [0.15, 0.2) is 0 Å². The highest BCUT2D eigenvalue weighted by Crippen LogP contribution is 2.16. The predicted molar refractivity (Wildman–Crippen MR) is 73.6 cm³/mol. The summed E-state index contributed by atoms with van der Waals surface area (Å²) in [6, 6.07) is 5.97. The van der Waals surface area contributed by atoms with Crippen LogP contribution >= 0.6 is 11.8 Å². The van der Waals surface area contributed by atoms with Gasteiger partial charge in [0.2, 0.25) is 5.91 Å². The van der Waals surface area contributed by atoms with E-state index in [0.717, 1.165) is 0 Å². The summed E-state index contributed by atoms with van der Waals surface area (Å²) in [5, 5.41) is 2.45. The van der Waals surface area contributed by atoms with E-state index in [2.05, 4.69) is 10.1 Å². The molecule has 0 spiro atoms. The fourth-order valence-corrected chi connectivity index (χ4v) is 2.11. The van der Waals surface area contributed by atoms with Gasteiger partial charge in [-0.15, -0.1) is 11.8 Å². The maximum Gasteiger partial charge on any atom is 0.306 e. The van der Waals surface area contributed by atoms with Crippen LogP contribution in [0.2, 0.25) is 0 Å². The van der Waals surface area contributed by atoms with Gasteiger partial charge >= 0.3 is 5.97 Å². The average molecular weight is 285 g/mol. The van der Waals surface area contributed by atoms with E-state index in [1.165, 1.54) is 31.0 Å². The topological polar surface area (TPSA) is 55.4 Å². The Morgan fingerprint density at radius 2 is 2.11 bits per heavy atom. The molecule has 0 aliphatic carbocycles. The first-order valence-corrected chi connectivity index (χ1v) is 6.80. The van der Waals surface area contributed by atoms with E-state index < -0.39 is 5.82 Å². The molecule has 1 aromatic carbocycles. The SMILES string of the molecule is COC(=O)CC(C)SCC(=O)Nc1ccccc1F. The summed E-state index contributed by atoms with van der Waals surface area (Å²) in [7, 11) is 1.32. The quantitative estimate of drug-likeness (QED) is 0.816. The second kappa shape index (κ2) is 7.78. The molecule has 1 N–H and O–H groups in total. The van der Waals surface area contributed by atoms with Crippen LogP contribution in [0, 0.1) is 5.82 Å². The molecule has 19 heavy (non-hydrogen) atoms. The number of ether oxygens (including phenoxy) is 1. The highest BCUT2D eigenvalue weighted by Gasteiger charge is 2.12. The predicted octanol–water partition coefficient (Wildman–Crippen LogP) is 2.45. The van der Waals surface area contributed by atoms with Gasteiger partial charge in [-0.3, -0.25) is 9.59 Å². The van der Waals surface area contributed by atoms with Gasteiger partial charge in [0.25, 0.3) is 0 Å². The molecule has 0 aromatic heterocycles. The minimum absolute atomic E-state index is 0.0289. The molecule has 4 nitrogen and oxygen atoms in total. The van der Waals surface area contributed by atoms with E-state index in [1.54, 1.807) is 12.1 Å². The van der Waals surface area contributed by atoms with Crippen molar-refractivity contribution in [3.63, 3.8) is 0 Å². The van der Waals surface area contributed by atoms with Gasteiger partial charge in [-0.25, -0.2) is 4.39 Å². The third-order valence-electron chi connectivity index (χ3n) is 2.33. The van der Waals surface area contributed by atoms with Crippen molar-refractivity contribution in [2.45, 2.75) is 18.6 Å². The van der Waals surface area contributed by atoms with E-state index in [1.807, 2.05) is 6.92 Å². The third-order valence-corrected chi connectivity index (χ3v) is 3.49. The van der Waals surface area contributed by atoms with Crippen LogP contribution < -0.4 is 5.32 Å². The summed E-state index contributed by atoms with van der Waals surface area (Å²) in [4.78, 5) is 22.6. The number of halogens is 1. The Kier molecular flexibility index (Phi) is 6.35. The number of hydrogen-bond donors (Lipinski definition) is 1. The summed E-state index contributed by atoms with van der Waals surface area (Å²) >= 11 is 1.32. The first-order valence-electron chi connectivity index (χ1n) is 5.75. The number of carbonyl (C=O) groups excluding carboxylic acids is 2. The standard InChI is InChI=1S/C13H16FNO3S/c1-9(7-13(17)18-2)19-8-12(16)15-11-6-4-3-5-10(11)14/h3-6,9H,7-8H2,1-2H3,(H,15,16). The molecule has 1 rings (SSSR count). The highest BCUT2D eigenvalue weighted by atomic mass is 32.2. The zero-order chi connectivity index (χ0) is 14.3.